The molecular weight excluding hydrogens is 799 g/mol. The van der Waals surface area contributed by atoms with Crippen molar-refractivity contribution < 1.29 is 9.47 Å². The zero-order valence-electron chi connectivity index (χ0n) is 36.2. The van der Waals surface area contributed by atoms with E-state index in [-0.39, 0.29) is 0 Å². The first-order valence-electron chi connectivity index (χ1n) is 23.1. The van der Waals surface area contributed by atoms with E-state index in [1.807, 2.05) is 0 Å². The highest BCUT2D eigenvalue weighted by atomic mass is 127. The van der Waals surface area contributed by atoms with Crippen molar-refractivity contribution in [1.29, 1.82) is 0 Å². The lowest BCUT2D eigenvalue weighted by molar-refractivity contribution is 0.252. The number of hydrogen-bond acceptors (Lipinski definition) is 4. The minimum atomic E-state index is 0.922. The second-order valence-electron chi connectivity index (χ2n) is 16.4. The average molecular weight is 881 g/mol. The topological polar surface area (TPSA) is 24.9 Å². The maximum Gasteiger partial charge on any atom is 0.118 e. The lowest BCUT2D eigenvalue weighted by atomic mass is 10.0. The first kappa shape index (κ1) is 48.1. The second-order valence-corrected chi connectivity index (χ2v) is 17.6. The van der Waals surface area contributed by atoms with Crippen LogP contribution in [0.2, 0.25) is 0 Å². The molecule has 3 aromatic carbocycles. The molecule has 0 amide bonds. The van der Waals surface area contributed by atoms with E-state index >= 15 is 0 Å². The molecule has 0 aliphatic rings. The Hall–Kier alpha value is -2.25. The Kier molecular flexibility index (Phi) is 28.1. The number of benzene rings is 3. The fourth-order valence-corrected chi connectivity index (χ4v) is 8.28. The fraction of sp³-hybridized carbons (Fsp3) is 0.647. The summed E-state index contributed by atoms with van der Waals surface area (Å²) in [7, 11) is 3.48. The molecule has 56 heavy (non-hydrogen) atoms. The Balaban J connectivity index is 1.14. The number of halogens is 1. The van der Waals surface area contributed by atoms with Gasteiger partial charge in [0.25, 0.3) is 0 Å². The van der Waals surface area contributed by atoms with E-state index in [0.717, 1.165) is 31.1 Å². The molecule has 0 bridgehead atoms. The van der Waals surface area contributed by atoms with E-state index in [9.17, 15) is 0 Å². The van der Waals surface area contributed by atoms with Crippen LogP contribution in [0.5, 0.6) is 11.5 Å². The smallest absolute Gasteiger partial charge is 0.118 e. The van der Waals surface area contributed by atoms with Crippen LogP contribution in [0.1, 0.15) is 179 Å². The van der Waals surface area contributed by atoms with Crippen LogP contribution < -0.4 is 14.4 Å². The highest BCUT2D eigenvalue weighted by Gasteiger charge is 2.09. The Morgan fingerprint density at radius 2 is 0.732 bits per heavy atom. The molecule has 0 heterocycles. The minimum Gasteiger partial charge on any atom is -0.497 e. The minimum absolute atomic E-state index is 0.922. The Bertz CT molecular complexity index is 1310. The van der Waals surface area contributed by atoms with Gasteiger partial charge in [0, 0.05) is 28.9 Å². The molecule has 0 atom stereocenters. The molecule has 0 saturated carbocycles. The van der Waals surface area contributed by atoms with E-state index in [1.165, 1.54) is 194 Å². The molecule has 0 N–H and O–H groups in total. The van der Waals surface area contributed by atoms with Crippen molar-refractivity contribution in [3.05, 3.63) is 87.5 Å². The van der Waals surface area contributed by atoms with E-state index < -0.39 is 0 Å². The summed E-state index contributed by atoms with van der Waals surface area (Å²) in [5, 5.41) is 0. The SMILES string of the molecule is CCCCCCCCCCN(CCCCCCCCCCCCCCCCCCCN(Cc1ccc(OC)cc1)c1ccc(I)cc1)Cc1ccc(OC)cc1. The highest BCUT2D eigenvalue weighted by molar-refractivity contribution is 14.1. The van der Waals surface area contributed by atoms with Gasteiger partial charge in [0.15, 0.2) is 0 Å². The van der Waals surface area contributed by atoms with Crippen molar-refractivity contribution in [3.63, 3.8) is 0 Å². The van der Waals surface area contributed by atoms with Crippen molar-refractivity contribution in [2.45, 2.75) is 181 Å². The largest absolute Gasteiger partial charge is 0.497 e. The lowest BCUT2D eigenvalue weighted by Gasteiger charge is -2.25. The van der Waals surface area contributed by atoms with Crippen LogP contribution in [0.15, 0.2) is 72.8 Å². The summed E-state index contributed by atoms with van der Waals surface area (Å²) in [5.74, 6) is 1.88. The Morgan fingerprint density at radius 3 is 1.11 bits per heavy atom. The van der Waals surface area contributed by atoms with Gasteiger partial charge in [0.05, 0.1) is 14.2 Å². The first-order valence-corrected chi connectivity index (χ1v) is 24.2. The molecule has 0 fully saturated rings. The first-order chi connectivity index (χ1) is 27.6. The van der Waals surface area contributed by atoms with E-state index in [4.69, 9.17) is 9.47 Å². The van der Waals surface area contributed by atoms with E-state index in [1.54, 1.807) is 14.2 Å². The van der Waals surface area contributed by atoms with Gasteiger partial charge in [0.1, 0.15) is 11.5 Å². The summed E-state index contributed by atoms with van der Waals surface area (Å²) in [6.07, 6.45) is 34.9. The van der Waals surface area contributed by atoms with Gasteiger partial charge in [-0.05, 0) is 115 Å². The van der Waals surface area contributed by atoms with Gasteiger partial charge in [-0.2, -0.15) is 0 Å². The summed E-state index contributed by atoms with van der Waals surface area (Å²) in [6, 6.07) is 26.2. The van der Waals surface area contributed by atoms with E-state index in [0.29, 0.717) is 0 Å². The molecule has 314 valence electrons. The van der Waals surface area contributed by atoms with Crippen molar-refractivity contribution in [1.82, 2.24) is 4.90 Å². The van der Waals surface area contributed by atoms with Crippen molar-refractivity contribution in [3.8, 4) is 11.5 Å². The summed E-state index contributed by atoms with van der Waals surface area (Å²) in [4.78, 5) is 5.25. The second kappa shape index (κ2) is 32.7. The third kappa shape index (κ3) is 23.2. The number of anilines is 1. The third-order valence-electron chi connectivity index (χ3n) is 11.5. The van der Waals surface area contributed by atoms with Crippen LogP contribution in [-0.2, 0) is 13.1 Å². The predicted octanol–water partition coefficient (Wildman–Crippen LogP) is 15.6. The number of ether oxygens (including phenoxy) is 2. The monoisotopic (exact) mass is 881 g/mol. The molecule has 0 spiro atoms. The van der Waals surface area contributed by atoms with Crippen LogP contribution in [0.25, 0.3) is 0 Å². The molecule has 0 unspecified atom stereocenters. The Labute approximate surface area is 359 Å². The molecule has 0 aliphatic carbocycles. The van der Waals surface area contributed by atoms with Gasteiger partial charge in [-0.25, -0.2) is 0 Å². The van der Waals surface area contributed by atoms with Crippen molar-refractivity contribution >= 4 is 28.3 Å². The quantitative estimate of drug-likeness (QED) is 0.0429. The lowest BCUT2D eigenvalue weighted by Crippen LogP contribution is -2.25. The fourth-order valence-electron chi connectivity index (χ4n) is 7.92. The number of methoxy groups -OCH3 is 2. The Morgan fingerprint density at radius 1 is 0.393 bits per heavy atom. The van der Waals surface area contributed by atoms with Gasteiger partial charge in [-0.3, -0.25) is 4.90 Å². The number of rotatable bonds is 36. The van der Waals surface area contributed by atoms with Crippen LogP contribution in [-0.4, -0.2) is 38.8 Å². The third-order valence-corrected chi connectivity index (χ3v) is 12.2. The highest BCUT2D eigenvalue weighted by Crippen LogP contribution is 2.22. The molecule has 0 radical (unpaired) electrons. The standard InChI is InChI=1S/C51H81IN2O2/c1-4-5-6-7-8-20-23-26-41-53(44-46-29-37-50(55-2)38-30-46)42-27-24-21-18-16-14-12-10-9-11-13-15-17-19-22-25-28-43-54(49-35-33-48(52)34-36-49)45-47-31-39-51(56-3)40-32-47/h29-40H,4-28,41-45H2,1-3H3. The molecule has 3 rings (SSSR count). The van der Waals surface area contributed by atoms with E-state index in [2.05, 4.69) is 112 Å². The van der Waals surface area contributed by atoms with Gasteiger partial charge < -0.3 is 14.4 Å². The maximum atomic E-state index is 5.38. The van der Waals surface area contributed by atoms with Crippen LogP contribution >= 0.6 is 22.6 Å². The van der Waals surface area contributed by atoms with Crippen LogP contribution in [0.4, 0.5) is 5.69 Å². The molecule has 5 heteroatoms. The van der Waals surface area contributed by atoms with Gasteiger partial charge >= 0.3 is 0 Å². The summed E-state index contributed by atoms with van der Waals surface area (Å²) in [5.41, 5.74) is 4.06. The number of hydrogen-bond donors (Lipinski definition) is 0. The van der Waals surface area contributed by atoms with Gasteiger partial charge in [0.2, 0.25) is 0 Å². The number of nitrogens with zero attached hydrogens (tertiary/aromatic N) is 2. The molecular formula is C51H81IN2O2. The van der Waals surface area contributed by atoms with Gasteiger partial charge in [-0.15, -0.1) is 0 Å². The van der Waals surface area contributed by atoms with Gasteiger partial charge in [-0.1, -0.05) is 172 Å². The van der Waals surface area contributed by atoms with Crippen molar-refractivity contribution in [2.75, 3.05) is 38.8 Å². The van der Waals surface area contributed by atoms with Crippen LogP contribution in [0.3, 0.4) is 0 Å². The maximum absolute atomic E-state index is 5.38. The summed E-state index contributed by atoms with van der Waals surface area (Å²) >= 11 is 2.39. The molecule has 0 aromatic heterocycles. The number of unbranched alkanes of at least 4 members (excludes halogenated alkanes) is 23. The molecule has 4 nitrogen and oxygen atoms in total. The molecule has 3 aromatic rings. The zero-order valence-corrected chi connectivity index (χ0v) is 38.4. The summed E-state index contributed by atoms with van der Waals surface area (Å²) in [6.45, 7) is 7.90. The van der Waals surface area contributed by atoms with Crippen LogP contribution in [0, 0.1) is 3.57 Å². The average Bonchev–Trinajstić information content (AvgIpc) is 3.22. The van der Waals surface area contributed by atoms with Crippen molar-refractivity contribution in [2.24, 2.45) is 0 Å². The zero-order chi connectivity index (χ0) is 39.7. The molecule has 0 aliphatic heterocycles. The summed E-state index contributed by atoms with van der Waals surface area (Å²) < 4.78 is 12.0. The normalized spacial score (nSPS) is 11.4. The predicted molar refractivity (Wildman–Crippen MR) is 253 cm³/mol. The molecule has 0 saturated heterocycles.